The maximum absolute atomic E-state index is 5.99. The summed E-state index contributed by atoms with van der Waals surface area (Å²) in [5.74, 6) is 0. The average molecular weight is 311 g/mol. The number of fused-ring (bicyclic) bond motifs is 1. The highest BCUT2D eigenvalue weighted by Gasteiger charge is 2.01. The molecule has 3 rings (SSSR count). The molecular weight excluding hydrogens is 296 g/mol. The van der Waals surface area contributed by atoms with Gasteiger partial charge in [0.25, 0.3) is 0 Å². The van der Waals surface area contributed by atoms with Crippen molar-refractivity contribution in [2.24, 2.45) is 4.99 Å². The minimum Gasteiger partial charge on any atom is -0.383 e. The summed E-state index contributed by atoms with van der Waals surface area (Å²) in [4.78, 5) is 12.8. The third-order valence-corrected chi connectivity index (χ3v) is 3.42. The van der Waals surface area contributed by atoms with Gasteiger partial charge in [-0.25, -0.2) is 0 Å². The van der Waals surface area contributed by atoms with E-state index in [0.29, 0.717) is 11.6 Å². The fourth-order valence-corrected chi connectivity index (χ4v) is 2.32. The van der Waals surface area contributed by atoms with E-state index in [1.807, 2.05) is 42.6 Å². The van der Waals surface area contributed by atoms with E-state index < -0.39 is 0 Å². The topological polar surface area (TPSA) is 50.2 Å². The minimum absolute atomic E-state index is 0.687. The summed E-state index contributed by atoms with van der Waals surface area (Å²) in [6.45, 7) is 1.44. The van der Waals surface area contributed by atoms with Crippen molar-refractivity contribution >= 4 is 34.4 Å². The first kappa shape index (κ1) is 14.5. The van der Waals surface area contributed by atoms with Crippen LogP contribution in [0.5, 0.6) is 0 Å². The molecule has 22 heavy (non-hydrogen) atoms. The SMILES string of the molecule is Clc1ccc2c(NCCN=Cc3cccnc3)ccnc2c1. The second kappa shape index (κ2) is 7.00. The summed E-state index contributed by atoms with van der Waals surface area (Å²) in [6, 6.07) is 11.5. The van der Waals surface area contributed by atoms with E-state index in [4.69, 9.17) is 11.6 Å². The van der Waals surface area contributed by atoms with Crippen molar-refractivity contribution in [3.05, 3.63) is 65.6 Å². The third-order valence-electron chi connectivity index (χ3n) is 3.19. The molecule has 0 bridgehead atoms. The standard InChI is InChI=1S/C17H15ClN4/c18-14-3-4-15-16(5-7-21-17(15)10-14)22-9-8-20-12-13-2-1-6-19-11-13/h1-7,10-12H,8-9H2,(H,21,22). The van der Waals surface area contributed by atoms with Crippen LogP contribution in [0.3, 0.4) is 0 Å². The van der Waals surface area contributed by atoms with Crippen molar-refractivity contribution in [2.45, 2.75) is 0 Å². The highest BCUT2D eigenvalue weighted by molar-refractivity contribution is 6.31. The van der Waals surface area contributed by atoms with Gasteiger partial charge in [-0.15, -0.1) is 0 Å². The zero-order valence-corrected chi connectivity index (χ0v) is 12.7. The lowest BCUT2D eigenvalue weighted by Crippen LogP contribution is -2.05. The van der Waals surface area contributed by atoms with Gasteiger partial charge in [-0.2, -0.15) is 0 Å². The van der Waals surface area contributed by atoms with Crippen LogP contribution in [0, 0.1) is 0 Å². The van der Waals surface area contributed by atoms with Crippen molar-refractivity contribution in [1.29, 1.82) is 0 Å². The Hall–Kier alpha value is -2.46. The van der Waals surface area contributed by atoms with Gasteiger partial charge in [0.2, 0.25) is 0 Å². The van der Waals surface area contributed by atoms with Crippen molar-refractivity contribution in [3.63, 3.8) is 0 Å². The van der Waals surface area contributed by atoms with E-state index in [1.165, 1.54) is 0 Å². The maximum atomic E-state index is 5.99. The molecule has 2 heterocycles. The van der Waals surface area contributed by atoms with Crippen molar-refractivity contribution in [2.75, 3.05) is 18.4 Å². The lowest BCUT2D eigenvalue weighted by atomic mass is 10.2. The number of anilines is 1. The molecule has 0 amide bonds. The molecule has 4 nitrogen and oxygen atoms in total. The molecule has 2 aromatic heterocycles. The molecule has 1 N–H and O–H groups in total. The normalized spacial score (nSPS) is 11.1. The maximum Gasteiger partial charge on any atom is 0.0737 e. The molecule has 1 aromatic carbocycles. The monoisotopic (exact) mass is 310 g/mol. The molecule has 0 fully saturated rings. The van der Waals surface area contributed by atoms with Gasteiger partial charge in [-0.3, -0.25) is 15.0 Å². The molecule has 0 aliphatic rings. The van der Waals surface area contributed by atoms with Gasteiger partial charge in [0, 0.05) is 53.0 Å². The van der Waals surface area contributed by atoms with Crippen LogP contribution in [0.15, 0.2) is 60.0 Å². The van der Waals surface area contributed by atoms with E-state index in [9.17, 15) is 0 Å². The lowest BCUT2D eigenvalue weighted by molar-refractivity contribution is 1.03. The summed E-state index contributed by atoms with van der Waals surface area (Å²) in [5.41, 5.74) is 2.93. The summed E-state index contributed by atoms with van der Waals surface area (Å²) in [7, 11) is 0. The molecule has 0 saturated heterocycles. The predicted molar refractivity (Wildman–Crippen MR) is 91.9 cm³/mol. The lowest BCUT2D eigenvalue weighted by Gasteiger charge is -2.08. The van der Waals surface area contributed by atoms with Gasteiger partial charge in [-0.1, -0.05) is 17.7 Å². The van der Waals surface area contributed by atoms with Crippen LogP contribution in [0.4, 0.5) is 5.69 Å². The first-order valence-electron chi connectivity index (χ1n) is 7.01. The van der Waals surface area contributed by atoms with Crippen LogP contribution in [-0.4, -0.2) is 29.3 Å². The van der Waals surface area contributed by atoms with Crippen molar-refractivity contribution < 1.29 is 0 Å². The van der Waals surface area contributed by atoms with E-state index in [2.05, 4.69) is 20.3 Å². The zero-order valence-electron chi connectivity index (χ0n) is 11.9. The molecule has 0 atom stereocenters. The number of nitrogens with one attached hydrogen (secondary N) is 1. The Bertz CT molecular complexity index is 787. The molecule has 0 unspecified atom stereocenters. The molecule has 0 aliphatic carbocycles. The van der Waals surface area contributed by atoms with Gasteiger partial charge in [-0.05, 0) is 30.3 Å². The molecule has 110 valence electrons. The van der Waals surface area contributed by atoms with Gasteiger partial charge in [0.05, 0.1) is 12.1 Å². The molecule has 5 heteroatoms. The van der Waals surface area contributed by atoms with Crippen LogP contribution in [0.25, 0.3) is 10.9 Å². The number of nitrogens with zero attached hydrogens (tertiary/aromatic N) is 3. The smallest absolute Gasteiger partial charge is 0.0737 e. The summed E-state index contributed by atoms with van der Waals surface area (Å²) in [5, 5.41) is 5.13. The highest BCUT2D eigenvalue weighted by Crippen LogP contribution is 2.24. The van der Waals surface area contributed by atoms with Gasteiger partial charge >= 0.3 is 0 Å². The van der Waals surface area contributed by atoms with E-state index in [0.717, 1.165) is 28.7 Å². The van der Waals surface area contributed by atoms with Gasteiger partial charge < -0.3 is 5.32 Å². The van der Waals surface area contributed by atoms with Crippen LogP contribution >= 0.6 is 11.6 Å². The molecular formula is C17H15ClN4. The Balaban J connectivity index is 1.61. The van der Waals surface area contributed by atoms with Crippen LogP contribution < -0.4 is 5.32 Å². The Morgan fingerprint density at radius 3 is 3.00 bits per heavy atom. The minimum atomic E-state index is 0.687. The second-order valence-corrected chi connectivity index (χ2v) is 5.20. The van der Waals surface area contributed by atoms with Crippen molar-refractivity contribution in [1.82, 2.24) is 9.97 Å². The quantitative estimate of drug-likeness (QED) is 0.576. The van der Waals surface area contributed by atoms with Gasteiger partial charge in [0.1, 0.15) is 0 Å². The molecule has 0 saturated carbocycles. The second-order valence-electron chi connectivity index (χ2n) is 4.77. The number of halogens is 1. The molecule has 0 radical (unpaired) electrons. The fourth-order valence-electron chi connectivity index (χ4n) is 2.15. The number of aliphatic imine (C=N–C) groups is 1. The number of rotatable bonds is 5. The number of hydrogen-bond acceptors (Lipinski definition) is 4. The van der Waals surface area contributed by atoms with Gasteiger partial charge in [0.15, 0.2) is 0 Å². The molecule has 3 aromatic rings. The summed E-state index contributed by atoms with van der Waals surface area (Å²) >= 11 is 5.99. The van der Waals surface area contributed by atoms with E-state index in [1.54, 1.807) is 18.6 Å². The third kappa shape index (κ3) is 3.59. The van der Waals surface area contributed by atoms with Crippen molar-refractivity contribution in [3.8, 4) is 0 Å². The number of hydrogen-bond donors (Lipinski definition) is 1. The molecule has 0 aliphatic heterocycles. The Morgan fingerprint density at radius 1 is 1.18 bits per heavy atom. The van der Waals surface area contributed by atoms with Crippen LogP contribution in [0.2, 0.25) is 5.02 Å². The Kier molecular flexibility index (Phi) is 4.61. The zero-order chi connectivity index (χ0) is 15.2. The largest absolute Gasteiger partial charge is 0.383 e. The summed E-state index contributed by atoms with van der Waals surface area (Å²) < 4.78 is 0. The van der Waals surface area contributed by atoms with Crippen LogP contribution in [0.1, 0.15) is 5.56 Å². The highest BCUT2D eigenvalue weighted by atomic mass is 35.5. The number of pyridine rings is 2. The van der Waals surface area contributed by atoms with E-state index >= 15 is 0 Å². The van der Waals surface area contributed by atoms with E-state index in [-0.39, 0.29) is 0 Å². The molecule has 0 spiro atoms. The average Bonchev–Trinajstić information content (AvgIpc) is 2.55. The number of aromatic nitrogens is 2. The Labute approximate surface area is 133 Å². The predicted octanol–water partition coefficient (Wildman–Crippen LogP) is 3.81. The number of benzene rings is 1. The first-order chi connectivity index (χ1) is 10.8. The van der Waals surface area contributed by atoms with Crippen LogP contribution in [-0.2, 0) is 0 Å². The Morgan fingerprint density at radius 2 is 2.14 bits per heavy atom. The summed E-state index contributed by atoms with van der Waals surface area (Å²) in [6.07, 6.45) is 7.15. The first-order valence-corrected chi connectivity index (χ1v) is 7.39. The fraction of sp³-hybridized carbons (Fsp3) is 0.118.